The van der Waals surface area contributed by atoms with Crippen LogP contribution in [0.1, 0.15) is 22.8 Å². The number of likely N-dealkylation sites (N-methyl/N-ethyl adjacent to an activating group) is 1. The van der Waals surface area contributed by atoms with Crippen molar-refractivity contribution < 1.29 is 13.2 Å². The van der Waals surface area contributed by atoms with Crippen LogP contribution < -0.4 is 10.2 Å². The van der Waals surface area contributed by atoms with Crippen LogP contribution in [0, 0.1) is 6.92 Å². The van der Waals surface area contributed by atoms with Gasteiger partial charge >= 0.3 is 0 Å². The summed E-state index contributed by atoms with van der Waals surface area (Å²) < 4.78 is 23.7. The lowest BCUT2D eigenvalue weighted by Crippen LogP contribution is -2.46. The van der Waals surface area contributed by atoms with Gasteiger partial charge in [0.05, 0.1) is 9.92 Å². The number of nitrogens with zero attached hydrogens (tertiary/aromatic N) is 2. The molecule has 0 saturated carbocycles. The van der Waals surface area contributed by atoms with Crippen LogP contribution >= 0.6 is 11.6 Å². The predicted molar refractivity (Wildman–Crippen MR) is 118 cm³/mol. The highest BCUT2D eigenvalue weighted by Crippen LogP contribution is 2.26. The predicted octanol–water partition coefficient (Wildman–Crippen LogP) is 3.45. The van der Waals surface area contributed by atoms with E-state index >= 15 is 0 Å². The van der Waals surface area contributed by atoms with Gasteiger partial charge in [-0.1, -0.05) is 18.5 Å². The van der Waals surface area contributed by atoms with Gasteiger partial charge in [0.15, 0.2) is 9.84 Å². The zero-order valence-corrected chi connectivity index (χ0v) is 18.5. The van der Waals surface area contributed by atoms with Crippen LogP contribution in [0.4, 0.5) is 11.4 Å². The third-order valence-electron chi connectivity index (χ3n) is 5.24. The van der Waals surface area contributed by atoms with Crippen molar-refractivity contribution in [2.45, 2.75) is 18.7 Å². The number of piperazine rings is 1. The average Bonchev–Trinajstić information content (AvgIpc) is 2.69. The fraction of sp³-hybridized carbons (Fsp3) is 0.381. The summed E-state index contributed by atoms with van der Waals surface area (Å²) in [5.41, 5.74) is 3.03. The van der Waals surface area contributed by atoms with E-state index in [1.54, 1.807) is 0 Å². The van der Waals surface area contributed by atoms with Gasteiger partial charge in [-0.05, 0) is 55.4 Å². The summed E-state index contributed by atoms with van der Waals surface area (Å²) in [6.07, 6.45) is 1.07. The third-order valence-corrected chi connectivity index (χ3v) is 6.81. The van der Waals surface area contributed by atoms with Gasteiger partial charge in [-0.25, -0.2) is 8.42 Å². The van der Waals surface area contributed by atoms with E-state index in [9.17, 15) is 13.2 Å². The third kappa shape index (κ3) is 5.10. The minimum absolute atomic E-state index is 0.0508. The summed E-state index contributed by atoms with van der Waals surface area (Å²) in [6, 6.07) is 10.2. The first-order valence-electron chi connectivity index (χ1n) is 9.58. The smallest absolute Gasteiger partial charge is 0.255 e. The van der Waals surface area contributed by atoms with Crippen LogP contribution in [-0.2, 0) is 9.84 Å². The summed E-state index contributed by atoms with van der Waals surface area (Å²) in [7, 11) is -3.52. The van der Waals surface area contributed by atoms with E-state index in [4.69, 9.17) is 11.6 Å². The number of amides is 1. The summed E-state index contributed by atoms with van der Waals surface area (Å²) in [4.78, 5) is 17.4. The molecule has 1 fully saturated rings. The highest BCUT2D eigenvalue weighted by molar-refractivity contribution is 7.90. The number of anilines is 2. The minimum atomic E-state index is -3.52. The van der Waals surface area contributed by atoms with Gasteiger partial charge in [0.25, 0.3) is 5.91 Å². The van der Waals surface area contributed by atoms with Crippen molar-refractivity contribution >= 4 is 38.7 Å². The Morgan fingerprint density at radius 3 is 2.38 bits per heavy atom. The number of nitrogens with one attached hydrogen (secondary N) is 1. The van der Waals surface area contributed by atoms with E-state index in [1.165, 1.54) is 18.2 Å². The summed E-state index contributed by atoms with van der Waals surface area (Å²) in [5.74, 6) is -0.376. The van der Waals surface area contributed by atoms with Gasteiger partial charge in [0.1, 0.15) is 0 Å². The lowest BCUT2D eigenvalue weighted by molar-refractivity contribution is 0.102. The Bertz CT molecular complexity index is 1020. The molecule has 1 aliphatic rings. The van der Waals surface area contributed by atoms with Crippen molar-refractivity contribution in [1.29, 1.82) is 0 Å². The van der Waals surface area contributed by atoms with Crippen molar-refractivity contribution in [2.24, 2.45) is 0 Å². The topological polar surface area (TPSA) is 69.7 Å². The van der Waals surface area contributed by atoms with Crippen molar-refractivity contribution in [1.82, 2.24) is 4.90 Å². The molecule has 29 heavy (non-hydrogen) atoms. The molecule has 3 rings (SSSR count). The summed E-state index contributed by atoms with van der Waals surface area (Å²) in [5, 5.41) is 2.97. The first-order chi connectivity index (χ1) is 13.7. The van der Waals surface area contributed by atoms with Gasteiger partial charge in [0.2, 0.25) is 0 Å². The Kier molecular flexibility index (Phi) is 6.51. The lowest BCUT2D eigenvalue weighted by Gasteiger charge is -2.35. The normalized spacial score (nSPS) is 15.4. The number of hydrogen-bond donors (Lipinski definition) is 1. The van der Waals surface area contributed by atoms with Crippen molar-refractivity contribution in [2.75, 3.05) is 49.2 Å². The minimum Gasteiger partial charge on any atom is -0.369 e. The second-order valence-electron chi connectivity index (χ2n) is 7.29. The number of rotatable bonds is 5. The van der Waals surface area contributed by atoms with Crippen molar-refractivity contribution in [3.63, 3.8) is 0 Å². The Hall–Kier alpha value is -2.09. The lowest BCUT2D eigenvalue weighted by atomic mass is 10.1. The maximum Gasteiger partial charge on any atom is 0.255 e. The molecule has 1 saturated heterocycles. The highest BCUT2D eigenvalue weighted by Gasteiger charge is 2.18. The molecule has 0 radical (unpaired) electrons. The van der Waals surface area contributed by atoms with E-state index < -0.39 is 9.84 Å². The van der Waals surface area contributed by atoms with E-state index in [0.29, 0.717) is 5.69 Å². The molecular formula is C21H26ClN3O3S. The Balaban J connectivity index is 1.75. The van der Waals surface area contributed by atoms with E-state index in [0.717, 1.165) is 50.2 Å². The molecule has 0 spiro atoms. The zero-order valence-electron chi connectivity index (χ0n) is 16.9. The molecule has 0 bridgehead atoms. The van der Waals surface area contributed by atoms with Crippen molar-refractivity contribution in [3.8, 4) is 0 Å². The molecule has 1 amide bonds. The van der Waals surface area contributed by atoms with Crippen LogP contribution in [0.3, 0.4) is 0 Å². The molecule has 0 atom stereocenters. The first kappa shape index (κ1) is 21.6. The maximum absolute atomic E-state index is 12.6. The second-order valence-corrected chi connectivity index (χ2v) is 9.68. The largest absolute Gasteiger partial charge is 0.369 e. The van der Waals surface area contributed by atoms with Crippen LogP contribution in [0.2, 0.25) is 5.02 Å². The fourth-order valence-electron chi connectivity index (χ4n) is 3.43. The first-order valence-corrected chi connectivity index (χ1v) is 11.8. The van der Waals surface area contributed by atoms with Crippen molar-refractivity contribution in [3.05, 3.63) is 52.5 Å². The van der Waals surface area contributed by atoms with Crippen LogP contribution in [-0.4, -0.2) is 58.2 Å². The van der Waals surface area contributed by atoms with Gasteiger partial charge in [-0.2, -0.15) is 0 Å². The Morgan fingerprint density at radius 1 is 1.10 bits per heavy atom. The zero-order chi connectivity index (χ0) is 21.2. The molecule has 0 aliphatic carbocycles. The van der Waals surface area contributed by atoms with Crippen LogP contribution in [0.25, 0.3) is 0 Å². The number of aryl methyl sites for hydroxylation is 1. The number of benzene rings is 2. The number of halogens is 1. The summed E-state index contributed by atoms with van der Waals surface area (Å²) >= 11 is 5.96. The standard InChI is InChI=1S/C21H26ClN3O3S/c1-4-24-9-11-25(12-10-24)17-6-8-19(15(2)13-17)23-21(26)16-5-7-18(22)20(14-16)29(3,27)28/h5-8,13-14H,4,9-12H2,1-3H3,(H,23,26). The quantitative estimate of drug-likeness (QED) is 0.778. The van der Waals surface area contributed by atoms with E-state index in [2.05, 4.69) is 28.1 Å². The molecule has 8 heteroatoms. The Labute approximate surface area is 177 Å². The van der Waals surface area contributed by atoms with Crippen LogP contribution in [0.15, 0.2) is 41.3 Å². The van der Waals surface area contributed by atoms with Gasteiger partial charge < -0.3 is 15.1 Å². The Morgan fingerprint density at radius 2 is 1.79 bits per heavy atom. The maximum atomic E-state index is 12.6. The number of sulfone groups is 1. The molecule has 156 valence electrons. The fourth-order valence-corrected chi connectivity index (χ4v) is 4.73. The molecule has 1 heterocycles. The molecule has 6 nitrogen and oxygen atoms in total. The molecule has 2 aromatic carbocycles. The van der Waals surface area contributed by atoms with Gasteiger partial charge in [-0.15, -0.1) is 0 Å². The number of carbonyl (C=O) groups is 1. The molecule has 0 aromatic heterocycles. The average molecular weight is 436 g/mol. The highest BCUT2D eigenvalue weighted by atomic mass is 35.5. The molecular weight excluding hydrogens is 410 g/mol. The SMILES string of the molecule is CCN1CCN(c2ccc(NC(=O)c3ccc(Cl)c(S(C)(=O)=O)c3)c(C)c2)CC1. The van der Waals surface area contributed by atoms with Crippen LogP contribution in [0.5, 0.6) is 0 Å². The van der Waals surface area contributed by atoms with E-state index in [-0.39, 0.29) is 21.4 Å². The molecule has 1 aliphatic heterocycles. The molecule has 2 aromatic rings. The monoisotopic (exact) mass is 435 g/mol. The van der Waals surface area contributed by atoms with E-state index in [1.807, 2.05) is 19.1 Å². The number of carbonyl (C=O) groups excluding carboxylic acids is 1. The van der Waals surface area contributed by atoms with Gasteiger partial charge in [-0.3, -0.25) is 4.79 Å². The molecule has 1 N–H and O–H groups in total. The number of hydrogen-bond acceptors (Lipinski definition) is 5. The second kappa shape index (κ2) is 8.73. The van der Waals surface area contributed by atoms with Gasteiger partial charge in [0, 0.05) is 49.4 Å². The summed E-state index contributed by atoms with van der Waals surface area (Å²) in [6.45, 7) is 9.27. The molecule has 0 unspecified atom stereocenters.